The average Bonchev–Trinajstić information content (AvgIpc) is 3.33. The summed E-state index contributed by atoms with van der Waals surface area (Å²) in [6.07, 6.45) is 17.3. The minimum Gasteiger partial charge on any atom is -0.357 e. The molecule has 0 N–H and O–H groups in total. The zero-order valence-corrected chi connectivity index (χ0v) is 33.6. The second-order valence-corrected chi connectivity index (χ2v) is 16.3. The molecule has 0 spiro atoms. The highest BCUT2D eigenvalue weighted by atomic mass is 15.2. The van der Waals surface area contributed by atoms with E-state index in [1.165, 1.54) is 77.6 Å². The van der Waals surface area contributed by atoms with E-state index >= 15 is 0 Å². The van der Waals surface area contributed by atoms with Gasteiger partial charge in [-0.05, 0) is 111 Å². The minimum absolute atomic E-state index is 0.236. The van der Waals surface area contributed by atoms with Crippen molar-refractivity contribution >= 4 is 44.2 Å². The van der Waals surface area contributed by atoms with Gasteiger partial charge in [0.2, 0.25) is 0 Å². The lowest BCUT2D eigenvalue weighted by atomic mass is 9.80. The van der Waals surface area contributed by atoms with Crippen molar-refractivity contribution in [3.05, 3.63) is 252 Å². The molecule has 60 heavy (non-hydrogen) atoms. The van der Waals surface area contributed by atoms with Crippen LogP contribution in [0.1, 0.15) is 47.1 Å². The molecule has 0 amide bonds. The summed E-state index contributed by atoms with van der Waals surface area (Å²) in [6, 6.07) is 69.4. The zero-order chi connectivity index (χ0) is 39.8. The molecule has 0 bridgehead atoms. The molecule has 3 aliphatic rings. The van der Waals surface area contributed by atoms with E-state index in [0.717, 1.165) is 24.9 Å². The molecular formula is C58H46N2. The minimum atomic E-state index is 0.236. The summed E-state index contributed by atoms with van der Waals surface area (Å²) < 4.78 is 0. The fourth-order valence-electron chi connectivity index (χ4n) is 9.99. The Kier molecular flexibility index (Phi) is 9.32. The molecule has 0 aromatic heterocycles. The molecule has 0 saturated heterocycles. The highest BCUT2D eigenvalue weighted by Gasteiger charge is 2.33. The standard InChI is InChI=1S/C58H46N2/c1-3-20-47(21-4-1)59(57-39-45-16-7-9-24-51(45)53-26-11-13-28-55(53)57)49-34-30-41(31-35-49)43-18-15-19-44(38-43)42-32-36-50(37-33-42)60(48-22-5-2-6-23-48)58-40-46-17-8-10-25-52(46)54-27-12-14-29-56(54)58/h1-32,34,36-38,40,42,49,57H,33,35,39H2. The van der Waals surface area contributed by atoms with Crippen molar-refractivity contribution in [1.29, 1.82) is 0 Å². The smallest absolute Gasteiger partial charge is 0.0595 e. The van der Waals surface area contributed by atoms with Gasteiger partial charge in [0.05, 0.1) is 17.8 Å². The van der Waals surface area contributed by atoms with Gasteiger partial charge >= 0.3 is 0 Å². The summed E-state index contributed by atoms with van der Waals surface area (Å²) in [5, 5.41) is 5.06. The number of benzene rings is 8. The van der Waals surface area contributed by atoms with Gasteiger partial charge in [-0.1, -0.05) is 188 Å². The van der Waals surface area contributed by atoms with E-state index in [4.69, 9.17) is 0 Å². The van der Waals surface area contributed by atoms with Gasteiger partial charge in [-0.15, -0.1) is 0 Å². The molecule has 3 atom stereocenters. The number of nitrogens with zero attached hydrogens (tertiary/aromatic N) is 2. The molecule has 0 radical (unpaired) electrons. The number of rotatable bonds is 8. The van der Waals surface area contributed by atoms with Crippen LogP contribution in [0.15, 0.2) is 230 Å². The lowest BCUT2D eigenvalue weighted by Crippen LogP contribution is -2.40. The Morgan fingerprint density at radius 3 is 1.97 bits per heavy atom. The van der Waals surface area contributed by atoms with Gasteiger partial charge in [-0.3, -0.25) is 0 Å². The van der Waals surface area contributed by atoms with Crippen molar-refractivity contribution in [1.82, 2.24) is 0 Å². The summed E-state index contributed by atoms with van der Waals surface area (Å²) >= 11 is 0. The van der Waals surface area contributed by atoms with E-state index in [2.05, 4.69) is 234 Å². The molecule has 3 aliphatic carbocycles. The van der Waals surface area contributed by atoms with Crippen LogP contribution in [0.5, 0.6) is 0 Å². The number of para-hydroxylation sites is 2. The highest BCUT2D eigenvalue weighted by Crippen LogP contribution is 2.45. The number of anilines is 3. The average molecular weight is 771 g/mol. The van der Waals surface area contributed by atoms with Crippen molar-refractivity contribution in [3.63, 3.8) is 0 Å². The van der Waals surface area contributed by atoms with E-state index < -0.39 is 0 Å². The second-order valence-electron chi connectivity index (χ2n) is 16.3. The maximum Gasteiger partial charge on any atom is 0.0595 e. The first-order chi connectivity index (χ1) is 29.8. The monoisotopic (exact) mass is 770 g/mol. The van der Waals surface area contributed by atoms with Crippen molar-refractivity contribution in [2.45, 2.75) is 37.3 Å². The molecule has 11 rings (SSSR count). The highest BCUT2D eigenvalue weighted by molar-refractivity contribution is 6.14. The van der Waals surface area contributed by atoms with Gasteiger partial charge in [0, 0.05) is 28.4 Å². The Balaban J connectivity index is 0.869. The van der Waals surface area contributed by atoms with Gasteiger partial charge in [-0.2, -0.15) is 0 Å². The predicted molar refractivity (Wildman–Crippen MR) is 254 cm³/mol. The Labute approximate surface area is 353 Å². The molecule has 8 aromatic rings. The van der Waals surface area contributed by atoms with E-state index in [1.807, 2.05) is 0 Å². The quantitative estimate of drug-likeness (QED) is 0.142. The first kappa shape index (κ1) is 36.0. The van der Waals surface area contributed by atoms with Crippen LogP contribution in [-0.2, 0) is 6.42 Å². The lowest BCUT2D eigenvalue weighted by Gasteiger charge is -2.42. The summed E-state index contributed by atoms with van der Waals surface area (Å²) in [7, 11) is 0. The first-order valence-electron chi connectivity index (χ1n) is 21.4. The molecule has 0 aliphatic heterocycles. The first-order valence-corrected chi connectivity index (χ1v) is 21.4. The SMILES string of the molecule is C1=CC(N(c2ccccc2)C2Cc3ccccc3-c3ccccc32)CC=C1c1cccc(C2C=CC(N(c3ccccc3)c3cc4ccccc4c4ccccc34)=CC2)c1. The number of hydrogen-bond acceptors (Lipinski definition) is 2. The van der Waals surface area contributed by atoms with Crippen molar-refractivity contribution in [2.75, 3.05) is 9.80 Å². The van der Waals surface area contributed by atoms with Crippen molar-refractivity contribution < 1.29 is 0 Å². The molecular weight excluding hydrogens is 725 g/mol. The molecule has 3 unspecified atom stereocenters. The van der Waals surface area contributed by atoms with Gasteiger partial charge in [0.15, 0.2) is 0 Å². The number of allylic oxidation sites excluding steroid dienone is 5. The summed E-state index contributed by atoms with van der Waals surface area (Å²) in [5.41, 5.74) is 14.3. The maximum atomic E-state index is 2.67. The third-order valence-corrected chi connectivity index (χ3v) is 12.9. The van der Waals surface area contributed by atoms with Gasteiger partial charge < -0.3 is 9.80 Å². The summed E-state index contributed by atoms with van der Waals surface area (Å²) in [5.74, 6) is 0.295. The van der Waals surface area contributed by atoms with Crippen LogP contribution >= 0.6 is 0 Å². The van der Waals surface area contributed by atoms with E-state index in [1.54, 1.807) is 0 Å². The Bertz CT molecular complexity index is 2990. The van der Waals surface area contributed by atoms with Crippen LogP contribution in [-0.4, -0.2) is 6.04 Å². The third kappa shape index (κ3) is 6.55. The van der Waals surface area contributed by atoms with Crippen LogP contribution in [0.3, 0.4) is 0 Å². The van der Waals surface area contributed by atoms with Gasteiger partial charge in [0.1, 0.15) is 0 Å². The second kappa shape index (κ2) is 15.5. The molecule has 0 saturated carbocycles. The molecule has 288 valence electrons. The fourth-order valence-corrected chi connectivity index (χ4v) is 9.99. The summed E-state index contributed by atoms with van der Waals surface area (Å²) in [4.78, 5) is 5.11. The van der Waals surface area contributed by atoms with Crippen LogP contribution in [0.4, 0.5) is 17.1 Å². The lowest BCUT2D eigenvalue weighted by molar-refractivity contribution is 0.561. The number of fused-ring (bicyclic) bond motifs is 6. The Morgan fingerprint density at radius 2 is 1.18 bits per heavy atom. The van der Waals surface area contributed by atoms with Crippen LogP contribution < -0.4 is 9.80 Å². The maximum absolute atomic E-state index is 2.67. The molecule has 2 heteroatoms. The molecule has 0 heterocycles. The normalized spacial score (nSPS) is 18.0. The van der Waals surface area contributed by atoms with E-state index in [9.17, 15) is 0 Å². The van der Waals surface area contributed by atoms with Gasteiger partial charge in [-0.25, -0.2) is 0 Å². The van der Waals surface area contributed by atoms with Crippen molar-refractivity contribution in [2.24, 2.45) is 0 Å². The van der Waals surface area contributed by atoms with Crippen LogP contribution in [0, 0.1) is 0 Å². The Hall–Kier alpha value is -7.16. The van der Waals surface area contributed by atoms with Crippen LogP contribution in [0.25, 0.3) is 38.2 Å². The summed E-state index contributed by atoms with van der Waals surface area (Å²) in [6.45, 7) is 0. The number of hydrogen-bond donors (Lipinski definition) is 0. The third-order valence-electron chi connectivity index (χ3n) is 12.9. The largest absolute Gasteiger partial charge is 0.357 e. The zero-order valence-electron chi connectivity index (χ0n) is 33.6. The molecule has 0 fully saturated rings. The van der Waals surface area contributed by atoms with Crippen molar-refractivity contribution in [3.8, 4) is 11.1 Å². The van der Waals surface area contributed by atoms with Crippen LogP contribution in [0.2, 0.25) is 0 Å². The Morgan fingerprint density at radius 1 is 0.483 bits per heavy atom. The topological polar surface area (TPSA) is 6.48 Å². The fraction of sp³-hybridized carbons (Fsp3) is 0.103. The predicted octanol–water partition coefficient (Wildman–Crippen LogP) is 14.9. The molecule has 8 aromatic carbocycles. The van der Waals surface area contributed by atoms with E-state index in [0.29, 0.717) is 5.92 Å². The molecule has 2 nitrogen and oxygen atoms in total. The van der Waals surface area contributed by atoms with Gasteiger partial charge in [0.25, 0.3) is 0 Å². The van der Waals surface area contributed by atoms with E-state index in [-0.39, 0.29) is 12.1 Å².